The van der Waals surface area contributed by atoms with Crippen LogP contribution in [-0.2, 0) is 6.54 Å². The summed E-state index contributed by atoms with van der Waals surface area (Å²) >= 11 is 0. The Bertz CT molecular complexity index is 1280. The first kappa shape index (κ1) is 27.5. The molecule has 1 aliphatic rings. The molecule has 0 unspecified atom stereocenters. The molecule has 1 saturated heterocycles. The van der Waals surface area contributed by atoms with Gasteiger partial charge < -0.3 is 14.5 Å². The summed E-state index contributed by atoms with van der Waals surface area (Å²) in [5, 5.41) is 1.22. The Kier molecular flexibility index (Phi) is 8.22. The normalized spacial score (nSPS) is 15.9. The number of halogens is 3. The standard InChI is InChI=1S/C30H40F3N3O/c1-19(2)17-36-18-24(15-21(5)29(36)37)28-27(20(3)4)25-16-23(7-8-26(25)34-28)22-9-13-35(14-10-22)12-6-11-30(31,32)33/h7-8,15-16,18-20,22,34H,6,9-14,17H2,1-5H3. The molecule has 37 heavy (non-hydrogen) atoms. The number of aryl methyl sites for hydroxylation is 1. The summed E-state index contributed by atoms with van der Waals surface area (Å²) < 4.78 is 39.3. The van der Waals surface area contributed by atoms with Crippen LogP contribution in [0.5, 0.6) is 0 Å². The number of likely N-dealkylation sites (tertiary alicyclic amines) is 1. The number of benzene rings is 1. The molecular weight excluding hydrogens is 475 g/mol. The molecule has 0 amide bonds. The van der Waals surface area contributed by atoms with Crippen molar-refractivity contribution in [2.45, 2.75) is 84.9 Å². The van der Waals surface area contributed by atoms with Crippen LogP contribution < -0.4 is 5.56 Å². The van der Waals surface area contributed by atoms with Crippen LogP contribution in [-0.4, -0.2) is 40.3 Å². The maximum atomic E-state index is 12.7. The van der Waals surface area contributed by atoms with Crippen molar-refractivity contribution < 1.29 is 13.2 Å². The molecule has 1 aliphatic heterocycles. The summed E-state index contributed by atoms with van der Waals surface area (Å²) in [6, 6.07) is 8.66. The van der Waals surface area contributed by atoms with Crippen LogP contribution in [0.1, 0.15) is 81.9 Å². The molecule has 0 aliphatic carbocycles. The minimum atomic E-state index is -4.07. The number of rotatable bonds is 8. The van der Waals surface area contributed by atoms with Crippen molar-refractivity contribution >= 4 is 10.9 Å². The van der Waals surface area contributed by atoms with Gasteiger partial charge in [0, 0.05) is 41.2 Å². The van der Waals surface area contributed by atoms with E-state index in [1.54, 1.807) is 0 Å². The van der Waals surface area contributed by atoms with Crippen LogP contribution in [0, 0.1) is 12.8 Å². The Morgan fingerprint density at radius 3 is 2.41 bits per heavy atom. The van der Waals surface area contributed by atoms with E-state index in [4.69, 9.17) is 0 Å². The third-order valence-electron chi connectivity index (χ3n) is 7.55. The second-order valence-corrected chi connectivity index (χ2v) is 11.5. The van der Waals surface area contributed by atoms with Gasteiger partial charge in [0.2, 0.25) is 0 Å². The minimum absolute atomic E-state index is 0.0618. The summed E-state index contributed by atoms with van der Waals surface area (Å²) in [7, 11) is 0. The highest BCUT2D eigenvalue weighted by molar-refractivity contribution is 5.92. The fraction of sp³-hybridized carbons (Fsp3) is 0.567. The highest BCUT2D eigenvalue weighted by atomic mass is 19.4. The first-order valence-electron chi connectivity index (χ1n) is 13.6. The van der Waals surface area contributed by atoms with Crippen LogP contribution in [0.25, 0.3) is 22.2 Å². The van der Waals surface area contributed by atoms with Gasteiger partial charge in [-0.05, 0) is 92.9 Å². The van der Waals surface area contributed by atoms with Crippen molar-refractivity contribution in [3.05, 3.63) is 57.5 Å². The lowest BCUT2D eigenvalue weighted by Crippen LogP contribution is -2.34. The van der Waals surface area contributed by atoms with E-state index in [2.05, 4.69) is 55.8 Å². The summed E-state index contributed by atoms with van der Waals surface area (Å²) in [4.78, 5) is 18.5. The van der Waals surface area contributed by atoms with Gasteiger partial charge in [-0.15, -0.1) is 0 Å². The summed E-state index contributed by atoms with van der Waals surface area (Å²) in [5.74, 6) is 1.08. The molecule has 0 radical (unpaired) electrons. The lowest BCUT2D eigenvalue weighted by atomic mass is 9.87. The van der Waals surface area contributed by atoms with Crippen LogP contribution in [0.3, 0.4) is 0 Å². The number of aromatic nitrogens is 2. The van der Waals surface area contributed by atoms with Gasteiger partial charge >= 0.3 is 6.18 Å². The van der Waals surface area contributed by atoms with E-state index in [0.29, 0.717) is 30.8 Å². The molecule has 3 aromatic rings. The third-order valence-corrected chi connectivity index (χ3v) is 7.55. The molecule has 1 aromatic carbocycles. The molecule has 1 N–H and O–H groups in total. The van der Waals surface area contributed by atoms with Gasteiger partial charge in [-0.1, -0.05) is 33.8 Å². The number of nitrogens with one attached hydrogen (secondary N) is 1. The van der Waals surface area contributed by atoms with Gasteiger partial charge in [0.1, 0.15) is 0 Å². The zero-order chi connectivity index (χ0) is 26.9. The van der Waals surface area contributed by atoms with Crippen molar-refractivity contribution in [1.82, 2.24) is 14.5 Å². The average molecular weight is 516 g/mol. The van der Waals surface area contributed by atoms with Gasteiger partial charge in [-0.3, -0.25) is 4.79 Å². The van der Waals surface area contributed by atoms with Gasteiger partial charge in [0.25, 0.3) is 5.56 Å². The van der Waals surface area contributed by atoms with Crippen molar-refractivity contribution in [3.8, 4) is 11.3 Å². The number of nitrogens with zero attached hydrogens (tertiary/aromatic N) is 2. The number of pyridine rings is 1. The first-order valence-corrected chi connectivity index (χ1v) is 13.6. The number of fused-ring (bicyclic) bond motifs is 1. The zero-order valence-electron chi connectivity index (χ0n) is 22.7. The molecule has 4 rings (SSSR count). The number of hydrogen-bond acceptors (Lipinski definition) is 2. The minimum Gasteiger partial charge on any atom is -0.354 e. The summed E-state index contributed by atoms with van der Waals surface area (Å²) in [6.45, 7) is 13.4. The molecule has 3 heterocycles. The molecule has 7 heteroatoms. The Morgan fingerprint density at radius 2 is 1.78 bits per heavy atom. The maximum Gasteiger partial charge on any atom is 0.389 e. The number of alkyl halides is 3. The average Bonchev–Trinajstić information content (AvgIpc) is 3.20. The molecule has 1 fully saturated rings. The fourth-order valence-corrected chi connectivity index (χ4v) is 5.76. The van der Waals surface area contributed by atoms with E-state index < -0.39 is 12.6 Å². The third kappa shape index (κ3) is 6.49. The van der Waals surface area contributed by atoms with Crippen LogP contribution in [0.2, 0.25) is 0 Å². The number of H-pyrrole nitrogens is 1. The summed E-state index contributed by atoms with van der Waals surface area (Å²) in [5.41, 5.74) is 6.56. The van der Waals surface area contributed by atoms with Crippen molar-refractivity contribution in [2.24, 2.45) is 5.92 Å². The molecular formula is C30H40F3N3O. The Balaban J connectivity index is 1.59. The van der Waals surface area contributed by atoms with E-state index in [0.717, 1.165) is 48.3 Å². The highest BCUT2D eigenvalue weighted by Crippen LogP contribution is 2.38. The molecule has 0 atom stereocenters. The van der Waals surface area contributed by atoms with Crippen LogP contribution >= 0.6 is 0 Å². The summed E-state index contributed by atoms with van der Waals surface area (Å²) in [6.07, 6.45) is -0.681. The lowest BCUT2D eigenvalue weighted by Gasteiger charge is -2.32. The highest BCUT2D eigenvalue weighted by Gasteiger charge is 2.28. The van der Waals surface area contributed by atoms with E-state index >= 15 is 0 Å². The van der Waals surface area contributed by atoms with E-state index in [-0.39, 0.29) is 12.0 Å². The Labute approximate surface area is 217 Å². The SMILES string of the molecule is Cc1cc(-c2[nH]c3ccc(C4CCN(CCCC(F)(F)F)CC4)cc3c2C(C)C)cn(CC(C)C)c1=O. The van der Waals surface area contributed by atoms with Gasteiger partial charge in [0.05, 0.1) is 5.69 Å². The number of hydrogen-bond donors (Lipinski definition) is 1. The molecule has 0 saturated carbocycles. The van der Waals surface area contributed by atoms with E-state index in [1.807, 2.05) is 23.8 Å². The molecule has 2 aromatic heterocycles. The van der Waals surface area contributed by atoms with Gasteiger partial charge in [-0.2, -0.15) is 13.2 Å². The maximum absolute atomic E-state index is 12.7. The van der Waals surface area contributed by atoms with Gasteiger partial charge in [0.15, 0.2) is 0 Å². The van der Waals surface area contributed by atoms with E-state index in [9.17, 15) is 18.0 Å². The number of aromatic amines is 1. The second-order valence-electron chi connectivity index (χ2n) is 11.5. The van der Waals surface area contributed by atoms with Crippen molar-refractivity contribution in [3.63, 3.8) is 0 Å². The smallest absolute Gasteiger partial charge is 0.354 e. The Hall–Kier alpha value is -2.54. The zero-order valence-corrected chi connectivity index (χ0v) is 22.7. The van der Waals surface area contributed by atoms with Crippen molar-refractivity contribution in [1.29, 1.82) is 0 Å². The monoisotopic (exact) mass is 515 g/mol. The molecule has 0 bridgehead atoms. The number of piperidine rings is 1. The van der Waals surface area contributed by atoms with Crippen LogP contribution in [0.15, 0.2) is 35.3 Å². The van der Waals surface area contributed by atoms with E-state index in [1.165, 1.54) is 16.5 Å². The molecule has 4 nitrogen and oxygen atoms in total. The van der Waals surface area contributed by atoms with Crippen molar-refractivity contribution in [2.75, 3.05) is 19.6 Å². The Morgan fingerprint density at radius 1 is 1.08 bits per heavy atom. The lowest BCUT2D eigenvalue weighted by molar-refractivity contribution is -0.136. The predicted molar refractivity (Wildman–Crippen MR) is 145 cm³/mol. The van der Waals surface area contributed by atoms with Crippen LogP contribution in [0.4, 0.5) is 13.2 Å². The first-order chi connectivity index (χ1) is 17.4. The predicted octanol–water partition coefficient (Wildman–Crippen LogP) is 7.61. The van der Waals surface area contributed by atoms with Gasteiger partial charge in [-0.25, -0.2) is 0 Å². The molecule has 0 spiro atoms. The fourth-order valence-electron chi connectivity index (χ4n) is 5.76. The largest absolute Gasteiger partial charge is 0.389 e. The second kappa shape index (κ2) is 11.1. The topological polar surface area (TPSA) is 41.0 Å². The quantitative estimate of drug-likeness (QED) is 0.335. The molecule has 202 valence electrons.